The largest absolute Gasteiger partial charge is 0.378 e. The minimum Gasteiger partial charge on any atom is -0.378 e. The Balaban J connectivity index is 1.49. The van der Waals surface area contributed by atoms with Crippen LogP contribution >= 0.6 is 0 Å². The molecule has 0 radical (unpaired) electrons. The molecule has 29 heavy (non-hydrogen) atoms. The van der Waals surface area contributed by atoms with Crippen molar-refractivity contribution >= 4 is 17.7 Å². The van der Waals surface area contributed by atoms with Crippen LogP contribution in [0.2, 0.25) is 0 Å². The predicted molar refractivity (Wildman–Crippen MR) is 108 cm³/mol. The van der Waals surface area contributed by atoms with Crippen molar-refractivity contribution in [3.05, 3.63) is 71.4 Å². The Bertz CT molecular complexity index is 1010. The number of carbonyl (C=O) groups excluding carboxylic acids is 2. The fourth-order valence-corrected chi connectivity index (χ4v) is 3.29. The molecule has 2 aromatic carbocycles. The Hall–Kier alpha value is -3.45. The Morgan fingerprint density at radius 3 is 2.31 bits per heavy atom. The molecule has 0 spiro atoms. The highest BCUT2D eigenvalue weighted by Gasteiger charge is 2.20. The number of nitrogens with zero attached hydrogens (tertiary/aromatic N) is 2. The molecular formula is C22H21N3O4. The second-order valence-corrected chi connectivity index (χ2v) is 6.77. The van der Waals surface area contributed by atoms with Crippen LogP contribution in [0.15, 0.2) is 59.1 Å². The van der Waals surface area contributed by atoms with Crippen molar-refractivity contribution < 1.29 is 18.8 Å². The van der Waals surface area contributed by atoms with E-state index in [0.717, 1.165) is 11.1 Å². The Morgan fingerprint density at radius 2 is 1.62 bits per heavy atom. The Labute approximate surface area is 168 Å². The van der Waals surface area contributed by atoms with Gasteiger partial charge in [0.25, 0.3) is 11.8 Å². The fraction of sp³-hybridized carbons (Fsp3) is 0.227. The number of carbonyl (C=O) groups is 2. The van der Waals surface area contributed by atoms with Gasteiger partial charge in [-0.25, -0.2) is 0 Å². The molecule has 3 aromatic rings. The van der Waals surface area contributed by atoms with E-state index in [4.69, 9.17) is 9.26 Å². The quantitative estimate of drug-likeness (QED) is 0.737. The topological polar surface area (TPSA) is 84.7 Å². The molecule has 1 N–H and O–H groups in total. The van der Waals surface area contributed by atoms with Crippen molar-refractivity contribution in [1.29, 1.82) is 0 Å². The van der Waals surface area contributed by atoms with E-state index in [1.54, 1.807) is 29.2 Å². The first-order chi connectivity index (χ1) is 14.1. The zero-order valence-corrected chi connectivity index (χ0v) is 16.1. The molecule has 2 amide bonds. The lowest BCUT2D eigenvalue weighted by atomic mass is 10.1. The van der Waals surface area contributed by atoms with E-state index >= 15 is 0 Å². The van der Waals surface area contributed by atoms with Crippen LogP contribution in [-0.2, 0) is 4.74 Å². The molecule has 4 rings (SSSR count). The van der Waals surface area contributed by atoms with Crippen molar-refractivity contribution in [2.75, 3.05) is 31.6 Å². The first-order valence-electron chi connectivity index (χ1n) is 9.43. The third-order valence-corrected chi connectivity index (χ3v) is 4.84. The molecule has 1 aromatic heterocycles. The predicted octanol–water partition coefficient (Wildman–Crippen LogP) is 3.37. The number of hydrogen-bond donors (Lipinski definition) is 1. The highest BCUT2D eigenvalue weighted by Crippen LogP contribution is 2.31. The second kappa shape index (κ2) is 8.28. The van der Waals surface area contributed by atoms with Crippen LogP contribution < -0.4 is 5.32 Å². The fourth-order valence-electron chi connectivity index (χ4n) is 3.29. The number of anilines is 1. The molecule has 1 fully saturated rings. The van der Waals surface area contributed by atoms with E-state index in [-0.39, 0.29) is 11.8 Å². The maximum absolute atomic E-state index is 12.7. The summed E-state index contributed by atoms with van der Waals surface area (Å²) in [4.78, 5) is 27.0. The molecule has 0 atom stereocenters. The SMILES string of the molecule is Cc1noc(NC(=O)c2ccc(C(=O)N3CCOCC3)cc2)c1-c1ccccc1. The summed E-state index contributed by atoms with van der Waals surface area (Å²) in [6.07, 6.45) is 0. The van der Waals surface area contributed by atoms with Gasteiger partial charge in [0.2, 0.25) is 5.88 Å². The molecule has 1 aliphatic rings. The number of nitrogens with one attached hydrogen (secondary N) is 1. The van der Waals surface area contributed by atoms with Gasteiger partial charge in [-0.05, 0) is 36.8 Å². The molecule has 0 unspecified atom stereocenters. The van der Waals surface area contributed by atoms with Gasteiger partial charge in [-0.3, -0.25) is 14.9 Å². The lowest BCUT2D eigenvalue weighted by Crippen LogP contribution is -2.40. The third kappa shape index (κ3) is 4.05. The number of amides is 2. The Kier molecular flexibility index (Phi) is 5.39. The number of ether oxygens (including phenoxy) is 1. The molecular weight excluding hydrogens is 370 g/mol. The average molecular weight is 391 g/mol. The van der Waals surface area contributed by atoms with Gasteiger partial charge in [0.1, 0.15) is 0 Å². The van der Waals surface area contributed by atoms with E-state index in [1.165, 1.54) is 0 Å². The first kappa shape index (κ1) is 18.9. The van der Waals surface area contributed by atoms with Gasteiger partial charge in [0.05, 0.1) is 24.5 Å². The van der Waals surface area contributed by atoms with E-state index < -0.39 is 0 Å². The third-order valence-electron chi connectivity index (χ3n) is 4.84. The monoisotopic (exact) mass is 391 g/mol. The van der Waals surface area contributed by atoms with E-state index in [1.807, 2.05) is 37.3 Å². The van der Waals surface area contributed by atoms with E-state index in [0.29, 0.717) is 49.0 Å². The zero-order valence-electron chi connectivity index (χ0n) is 16.1. The van der Waals surface area contributed by atoms with Crippen LogP contribution in [0.5, 0.6) is 0 Å². The summed E-state index contributed by atoms with van der Waals surface area (Å²) in [5.41, 5.74) is 3.32. The number of morpholine rings is 1. The van der Waals surface area contributed by atoms with Crippen LogP contribution in [0.1, 0.15) is 26.4 Å². The van der Waals surface area contributed by atoms with Gasteiger partial charge in [0.15, 0.2) is 0 Å². The lowest BCUT2D eigenvalue weighted by molar-refractivity contribution is 0.0303. The minimum absolute atomic E-state index is 0.0579. The van der Waals surface area contributed by atoms with Crippen LogP contribution in [0.25, 0.3) is 11.1 Å². The van der Waals surface area contributed by atoms with Gasteiger partial charge in [-0.15, -0.1) is 0 Å². The summed E-state index contributed by atoms with van der Waals surface area (Å²) in [6.45, 7) is 4.08. The maximum Gasteiger partial charge on any atom is 0.258 e. The maximum atomic E-state index is 12.7. The van der Waals surface area contributed by atoms with Crippen LogP contribution in [0, 0.1) is 6.92 Å². The molecule has 1 saturated heterocycles. The molecule has 2 heterocycles. The van der Waals surface area contributed by atoms with Crippen LogP contribution in [0.3, 0.4) is 0 Å². The van der Waals surface area contributed by atoms with Crippen molar-refractivity contribution in [3.63, 3.8) is 0 Å². The zero-order chi connectivity index (χ0) is 20.2. The van der Waals surface area contributed by atoms with Crippen molar-refractivity contribution in [3.8, 4) is 11.1 Å². The second-order valence-electron chi connectivity index (χ2n) is 6.77. The van der Waals surface area contributed by atoms with Gasteiger partial charge in [-0.1, -0.05) is 35.5 Å². The van der Waals surface area contributed by atoms with Crippen LogP contribution in [0.4, 0.5) is 5.88 Å². The average Bonchev–Trinajstić information content (AvgIpc) is 3.14. The summed E-state index contributed by atoms with van der Waals surface area (Å²) in [5, 5.41) is 6.76. The van der Waals surface area contributed by atoms with Gasteiger partial charge >= 0.3 is 0 Å². The molecule has 0 saturated carbocycles. The summed E-state index contributed by atoms with van der Waals surface area (Å²) in [6, 6.07) is 16.2. The van der Waals surface area contributed by atoms with E-state index in [2.05, 4.69) is 10.5 Å². The summed E-state index contributed by atoms with van der Waals surface area (Å²) in [5.74, 6) is -0.0895. The first-order valence-corrected chi connectivity index (χ1v) is 9.43. The molecule has 1 aliphatic heterocycles. The molecule has 7 nitrogen and oxygen atoms in total. The summed E-state index contributed by atoms with van der Waals surface area (Å²) < 4.78 is 10.6. The smallest absolute Gasteiger partial charge is 0.258 e. The highest BCUT2D eigenvalue weighted by molar-refractivity contribution is 6.06. The van der Waals surface area contributed by atoms with Gasteiger partial charge in [0, 0.05) is 24.2 Å². The van der Waals surface area contributed by atoms with Crippen molar-refractivity contribution in [1.82, 2.24) is 10.1 Å². The summed E-state index contributed by atoms with van der Waals surface area (Å²) >= 11 is 0. The Morgan fingerprint density at radius 1 is 0.966 bits per heavy atom. The highest BCUT2D eigenvalue weighted by atomic mass is 16.5. The molecule has 0 aliphatic carbocycles. The van der Waals surface area contributed by atoms with Crippen molar-refractivity contribution in [2.24, 2.45) is 0 Å². The summed E-state index contributed by atoms with van der Waals surface area (Å²) in [7, 11) is 0. The van der Waals surface area contributed by atoms with Gasteiger partial charge < -0.3 is 14.2 Å². The number of benzene rings is 2. The van der Waals surface area contributed by atoms with Gasteiger partial charge in [-0.2, -0.15) is 0 Å². The number of aryl methyl sites for hydroxylation is 1. The van der Waals surface area contributed by atoms with Crippen molar-refractivity contribution in [2.45, 2.75) is 6.92 Å². The number of rotatable bonds is 4. The van der Waals surface area contributed by atoms with E-state index in [9.17, 15) is 9.59 Å². The minimum atomic E-state index is -0.330. The standard InChI is InChI=1S/C22H21N3O4/c1-15-19(16-5-3-2-4-6-16)21(29-24-15)23-20(26)17-7-9-18(10-8-17)22(27)25-11-13-28-14-12-25/h2-10H,11-14H2,1H3,(H,23,26). The molecule has 0 bridgehead atoms. The van der Waals surface area contributed by atoms with Crippen LogP contribution in [-0.4, -0.2) is 48.2 Å². The number of aromatic nitrogens is 1. The normalized spacial score (nSPS) is 13.9. The molecule has 7 heteroatoms. The molecule has 148 valence electrons. The lowest BCUT2D eigenvalue weighted by Gasteiger charge is -2.26. The number of hydrogen-bond acceptors (Lipinski definition) is 5.